The third-order valence-corrected chi connectivity index (χ3v) is 5.53. The van der Waals surface area contributed by atoms with Gasteiger partial charge in [-0.05, 0) is 25.5 Å². The van der Waals surface area contributed by atoms with Crippen LogP contribution in [0.4, 0.5) is 0 Å². The zero-order valence-electron chi connectivity index (χ0n) is 16.2. The Morgan fingerprint density at radius 2 is 2.15 bits per heavy atom. The van der Waals surface area contributed by atoms with E-state index < -0.39 is 0 Å². The lowest BCUT2D eigenvalue weighted by Gasteiger charge is -2.29. The number of para-hydroxylation sites is 1. The van der Waals surface area contributed by atoms with E-state index in [-0.39, 0.29) is 0 Å². The molecule has 2 aromatic rings. The van der Waals surface area contributed by atoms with Gasteiger partial charge in [-0.25, -0.2) is 9.97 Å². The van der Waals surface area contributed by atoms with Gasteiger partial charge < -0.3 is 14.8 Å². The molecule has 0 aliphatic carbocycles. The fourth-order valence-corrected chi connectivity index (χ4v) is 4.08. The summed E-state index contributed by atoms with van der Waals surface area (Å²) in [7, 11) is 3.37. The Morgan fingerprint density at radius 1 is 1.22 bits per heavy atom. The highest BCUT2D eigenvalue weighted by atomic mass is 16.5. The van der Waals surface area contributed by atoms with Crippen LogP contribution in [-0.4, -0.2) is 42.2 Å². The Kier molecular flexibility index (Phi) is 5.55. The monoisotopic (exact) mass is 368 g/mol. The van der Waals surface area contributed by atoms with E-state index in [0.29, 0.717) is 6.04 Å². The molecule has 1 atom stereocenters. The van der Waals surface area contributed by atoms with Crippen molar-refractivity contribution in [1.82, 2.24) is 20.2 Å². The maximum absolute atomic E-state index is 5.58. The zero-order chi connectivity index (χ0) is 18.6. The van der Waals surface area contributed by atoms with Gasteiger partial charge in [0.25, 0.3) is 0 Å². The number of nitrogens with one attached hydrogen (secondary N) is 1. The number of ether oxygens (including phenoxy) is 2. The molecule has 1 fully saturated rings. The van der Waals surface area contributed by atoms with Crippen LogP contribution in [-0.2, 0) is 19.5 Å². The maximum Gasteiger partial charge on any atom is 0.165 e. The van der Waals surface area contributed by atoms with Crippen molar-refractivity contribution in [3.05, 3.63) is 47.0 Å². The summed E-state index contributed by atoms with van der Waals surface area (Å²) in [4.78, 5) is 12.0. The molecule has 0 saturated carbocycles. The van der Waals surface area contributed by atoms with Crippen LogP contribution in [0.5, 0.6) is 11.5 Å². The van der Waals surface area contributed by atoms with Crippen molar-refractivity contribution in [2.45, 2.75) is 44.8 Å². The number of aromatic nitrogens is 2. The Balaban J connectivity index is 1.47. The summed E-state index contributed by atoms with van der Waals surface area (Å²) in [5.74, 6) is 2.57. The van der Waals surface area contributed by atoms with E-state index in [4.69, 9.17) is 14.5 Å². The Morgan fingerprint density at radius 3 is 2.93 bits per heavy atom. The van der Waals surface area contributed by atoms with Gasteiger partial charge in [0.2, 0.25) is 0 Å². The van der Waals surface area contributed by atoms with Crippen molar-refractivity contribution >= 4 is 0 Å². The summed E-state index contributed by atoms with van der Waals surface area (Å²) < 4.78 is 11.0. The number of fused-ring (bicyclic) bond motifs is 1. The summed E-state index contributed by atoms with van der Waals surface area (Å²) in [6, 6.07) is 6.37. The first-order valence-electron chi connectivity index (χ1n) is 9.78. The fourth-order valence-electron chi connectivity index (χ4n) is 4.08. The maximum atomic E-state index is 5.58. The lowest BCUT2D eigenvalue weighted by molar-refractivity contribution is 0.237. The van der Waals surface area contributed by atoms with Crippen LogP contribution in [0.3, 0.4) is 0 Å². The molecule has 144 valence electrons. The normalized spacial score (nSPS) is 20.1. The van der Waals surface area contributed by atoms with Crippen molar-refractivity contribution in [2.24, 2.45) is 0 Å². The average Bonchev–Trinajstić information content (AvgIpc) is 2.73. The topological polar surface area (TPSA) is 59.5 Å². The van der Waals surface area contributed by atoms with Gasteiger partial charge in [0.15, 0.2) is 11.5 Å². The van der Waals surface area contributed by atoms with Gasteiger partial charge in [-0.3, -0.25) is 4.90 Å². The van der Waals surface area contributed by atoms with Crippen molar-refractivity contribution in [3.8, 4) is 11.5 Å². The number of hydrogen-bond donors (Lipinski definition) is 1. The van der Waals surface area contributed by atoms with Crippen LogP contribution < -0.4 is 14.8 Å². The second-order valence-electron chi connectivity index (χ2n) is 7.32. The van der Waals surface area contributed by atoms with E-state index in [1.807, 2.05) is 18.3 Å². The molecular formula is C21H28N4O2. The largest absolute Gasteiger partial charge is 0.493 e. The third-order valence-electron chi connectivity index (χ3n) is 5.53. The second-order valence-corrected chi connectivity index (χ2v) is 7.32. The standard InChI is InChI=1S/C21H28N4O2/c1-26-19-8-5-6-15(20(19)27-2)13-25-11-9-17-16(14-25)12-23-21(24-17)18-7-3-4-10-22-18/h5-6,8,12,18,22H,3-4,7,9-11,13-14H2,1-2H3/t18-/m1/s1. The first-order valence-corrected chi connectivity index (χ1v) is 9.78. The Labute approximate surface area is 160 Å². The van der Waals surface area contributed by atoms with Gasteiger partial charge in [-0.2, -0.15) is 0 Å². The van der Waals surface area contributed by atoms with Crippen LogP contribution in [0.25, 0.3) is 0 Å². The number of piperidine rings is 1. The SMILES string of the molecule is COc1cccc(CN2CCc3nc([C@H]4CCCCN4)ncc3C2)c1OC. The van der Waals surface area contributed by atoms with Crippen LogP contribution in [0.15, 0.2) is 24.4 Å². The van der Waals surface area contributed by atoms with E-state index in [1.165, 1.54) is 24.1 Å². The van der Waals surface area contributed by atoms with E-state index in [9.17, 15) is 0 Å². The third kappa shape index (κ3) is 3.92. The van der Waals surface area contributed by atoms with Gasteiger partial charge in [0.05, 0.1) is 20.3 Å². The molecular weight excluding hydrogens is 340 g/mol. The molecule has 2 aliphatic heterocycles. The van der Waals surface area contributed by atoms with Gasteiger partial charge in [-0.1, -0.05) is 18.6 Å². The quantitative estimate of drug-likeness (QED) is 0.876. The summed E-state index contributed by atoms with van der Waals surface area (Å²) in [5, 5.41) is 3.55. The minimum Gasteiger partial charge on any atom is -0.493 e. The van der Waals surface area contributed by atoms with Crippen molar-refractivity contribution < 1.29 is 9.47 Å². The fraction of sp³-hybridized carbons (Fsp3) is 0.524. The Bertz CT molecular complexity index is 790. The van der Waals surface area contributed by atoms with Gasteiger partial charge in [0, 0.05) is 49.1 Å². The molecule has 0 amide bonds. The highest BCUT2D eigenvalue weighted by Crippen LogP contribution is 2.32. The molecule has 27 heavy (non-hydrogen) atoms. The van der Waals surface area contributed by atoms with Crippen LogP contribution in [0, 0.1) is 0 Å². The van der Waals surface area contributed by atoms with E-state index >= 15 is 0 Å². The zero-order valence-corrected chi connectivity index (χ0v) is 16.2. The molecule has 0 bridgehead atoms. The molecule has 0 spiro atoms. The van der Waals surface area contributed by atoms with E-state index in [2.05, 4.69) is 21.3 Å². The van der Waals surface area contributed by atoms with Crippen LogP contribution in [0.2, 0.25) is 0 Å². The second kappa shape index (κ2) is 8.23. The lowest BCUT2D eigenvalue weighted by atomic mass is 10.0. The highest BCUT2D eigenvalue weighted by Gasteiger charge is 2.23. The van der Waals surface area contributed by atoms with Gasteiger partial charge >= 0.3 is 0 Å². The van der Waals surface area contributed by atoms with Crippen molar-refractivity contribution in [1.29, 1.82) is 0 Å². The lowest BCUT2D eigenvalue weighted by Crippen LogP contribution is -2.33. The van der Waals surface area contributed by atoms with Gasteiger partial charge in [0.1, 0.15) is 5.82 Å². The minimum atomic E-state index is 0.322. The molecule has 1 saturated heterocycles. The number of nitrogens with zero attached hydrogens (tertiary/aromatic N) is 3. The highest BCUT2D eigenvalue weighted by molar-refractivity contribution is 5.46. The van der Waals surface area contributed by atoms with Crippen molar-refractivity contribution in [3.63, 3.8) is 0 Å². The summed E-state index contributed by atoms with van der Waals surface area (Å²) in [5.41, 5.74) is 3.59. The molecule has 2 aliphatic rings. The molecule has 0 radical (unpaired) electrons. The molecule has 1 aromatic carbocycles. The molecule has 6 nitrogen and oxygen atoms in total. The molecule has 1 N–H and O–H groups in total. The van der Waals surface area contributed by atoms with E-state index in [0.717, 1.165) is 61.9 Å². The predicted molar refractivity (Wildman–Crippen MR) is 104 cm³/mol. The summed E-state index contributed by atoms with van der Waals surface area (Å²) in [6.45, 7) is 3.75. The molecule has 1 aromatic heterocycles. The number of rotatable bonds is 5. The van der Waals surface area contributed by atoms with Crippen LogP contribution in [0.1, 0.15) is 47.9 Å². The molecule has 4 rings (SSSR count). The average molecular weight is 368 g/mol. The minimum absolute atomic E-state index is 0.322. The molecule has 6 heteroatoms. The molecule has 0 unspecified atom stereocenters. The first kappa shape index (κ1) is 18.2. The summed E-state index contributed by atoms with van der Waals surface area (Å²) >= 11 is 0. The predicted octanol–water partition coefficient (Wildman–Crippen LogP) is 2.87. The number of methoxy groups -OCH3 is 2. The smallest absolute Gasteiger partial charge is 0.165 e. The molecule has 3 heterocycles. The summed E-state index contributed by atoms with van der Waals surface area (Å²) in [6.07, 6.45) is 6.64. The van der Waals surface area contributed by atoms with Crippen molar-refractivity contribution in [2.75, 3.05) is 27.3 Å². The number of benzene rings is 1. The van der Waals surface area contributed by atoms with Gasteiger partial charge in [-0.15, -0.1) is 0 Å². The van der Waals surface area contributed by atoms with Crippen LogP contribution >= 0.6 is 0 Å². The first-order chi connectivity index (χ1) is 13.3. The Hall–Kier alpha value is -2.18. The number of hydrogen-bond acceptors (Lipinski definition) is 6. The van der Waals surface area contributed by atoms with E-state index in [1.54, 1.807) is 14.2 Å².